The summed E-state index contributed by atoms with van der Waals surface area (Å²) in [6.07, 6.45) is 1.58. The molecule has 0 saturated carbocycles. The summed E-state index contributed by atoms with van der Waals surface area (Å²) in [5.41, 5.74) is 0.662. The topological polar surface area (TPSA) is 48.4 Å². The maximum absolute atomic E-state index is 6.07. The van der Waals surface area contributed by atoms with Gasteiger partial charge >= 0.3 is 0 Å². The molecule has 0 aliphatic rings. The lowest BCUT2D eigenvalue weighted by molar-refractivity contribution is 0.290. The molecule has 2 heterocycles. The Morgan fingerprint density at radius 1 is 1.20 bits per heavy atom. The Kier molecular flexibility index (Phi) is 3.80. The van der Waals surface area contributed by atoms with Crippen LogP contribution in [0.3, 0.4) is 0 Å². The molecule has 2 aromatic heterocycles. The third-order valence-corrected chi connectivity index (χ3v) is 3.38. The van der Waals surface area contributed by atoms with Crippen LogP contribution in [0.1, 0.15) is 5.69 Å². The molecule has 4 nitrogen and oxygen atoms in total. The van der Waals surface area contributed by atoms with Gasteiger partial charge in [0, 0.05) is 10.5 Å². The highest BCUT2D eigenvalue weighted by Crippen LogP contribution is 2.28. The van der Waals surface area contributed by atoms with E-state index in [9.17, 15) is 0 Å². The molecule has 0 aliphatic carbocycles. The van der Waals surface area contributed by atoms with Crippen LogP contribution < -0.4 is 4.74 Å². The monoisotopic (exact) mass is 353 g/mol. The van der Waals surface area contributed by atoms with Crippen molar-refractivity contribution < 1.29 is 13.7 Å². The van der Waals surface area contributed by atoms with E-state index in [2.05, 4.69) is 21.1 Å². The summed E-state index contributed by atoms with van der Waals surface area (Å²) in [5, 5.41) is 4.46. The second-order valence-corrected chi connectivity index (χ2v) is 5.35. The maximum Gasteiger partial charge on any atom is 0.202 e. The first-order valence-electron chi connectivity index (χ1n) is 5.80. The van der Waals surface area contributed by atoms with Crippen LogP contribution in [0.25, 0.3) is 11.5 Å². The number of hydrogen-bond donors (Lipinski definition) is 0. The van der Waals surface area contributed by atoms with Gasteiger partial charge in [0.15, 0.2) is 5.76 Å². The first kappa shape index (κ1) is 13.3. The van der Waals surface area contributed by atoms with E-state index in [1.165, 1.54) is 0 Å². The molecule has 0 aliphatic heterocycles. The molecule has 6 heteroatoms. The quantitative estimate of drug-likeness (QED) is 0.666. The Bertz CT molecular complexity index is 709. The molecule has 0 saturated heterocycles. The highest BCUT2D eigenvalue weighted by atomic mass is 79.9. The van der Waals surface area contributed by atoms with E-state index in [1.54, 1.807) is 36.6 Å². The van der Waals surface area contributed by atoms with E-state index in [0.717, 1.165) is 4.47 Å². The summed E-state index contributed by atoms with van der Waals surface area (Å²) in [5.74, 6) is 1.79. The van der Waals surface area contributed by atoms with Crippen molar-refractivity contribution in [1.29, 1.82) is 0 Å². The lowest BCUT2D eigenvalue weighted by atomic mass is 10.3. The van der Waals surface area contributed by atoms with Gasteiger partial charge in [0.05, 0.1) is 11.3 Å². The van der Waals surface area contributed by atoms with Crippen LogP contribution in [0.5, 0.6) is 5.75 Å². The number of rotatable bonds is 4. The minimum atomic E-state index is 0.269. The van der Waals surface area contributed by atoms with Gasteiger partial charge < -0.3 is 13.7 Å². The Morgan fingerprint density at radius 2 is 2.10 bits per heavy atom. The van der Waals surface area contributed by atoms with E-state index >= 15 is 0 Å². The van der Waals surface area contributed by atoms with Gasteiger partial charge in [-0.2, -0.15) is 0 Å². The van der Waals surface area contributed by atoms with Crippen molar-refractivity contribution in [2.75, 3.05) is 0 Å². The molecule has 102 valence electrons. The molecule has 3 aromatic rings. The Hall–Kier alpha value is -1.72. The van der Waals surface area contributed by atoms with E-state index in [1.807, 2.05) is 6.07 Å². The largest absolute Gasteiger partial charge is 0.486 e. The van der Waals surface area contributed by atoms with E-state index < -0.39 is 0 Å². The zero-order chi connectivity index (χ0) is 13.9. The van der Waals surface area contributed by atoms with Crippen LogP contribution in [0.15, 0.2) is 56.1 Å². The minimum Gasteiger partial charge on any atom is -0.486 e. The second kappa shape index (κ2) is 5.73. The van der Waals surface area contributed by atoms with Crippen LogP contribution in [0, 0.1) is 0 Å². The molecule has 0 fully saturated rings. The van der Waals surface area contributed by atoms with Gasteiger partial charge in [-0.15, -0.1) is 0 Å². The highest BCUT2D eigenvalue weighted by molar-refractivity contribution is 9.10. The maximum atomic E-state index is 6.07. The molecular formula is C14H9BrClNO3. The van der Waals surface area contributed by atoms with Gasteiger partial charge in [0.1, 0.15) is 18.1 Å². The summed E-state index contributed by atoms with van der Waals surface area (Å²) in [6.45, 7) is 0.269. The number of halogens is 2. The lowest BCUT2D eigenvalue weighted by Gasteiger charge is -2.05. The van der Waals surface area contributed by atoms with Crippen LogP contribution in [-0.2, 0) is 6.61 Å². The van der Waals surface area contributed by atoms with Crippen LogP contribution in [-0.4, -0.2) is 5.16 Å². The highest BCUT2D eigenvalue weighted by Gasteiger charge is 2.10. The van der Waals surface area contributed by atoms with Gasteiger partial charge in [-0.05, 0) is 30.3 Å². The third-order valence-electron chi connectivity index (χ3n) is 2.59. The molecule has 0 N–H and O–H groups in total. The van der Waals surface area contributed by atoms with Gasteiger partial charge in [-0.3, -0.25) is 0 Å². The summed E-state index contributed by atoms with van der Waals surface area (Å²) < 4.78 is 16.9. The fraction of sp³-hybridized carbons (Fsp3) is 0.0714. The second-order valence-electron chi connectivity index (χ2n) is 4.02. The van der Waals surface area contributed by atoms with Gasteiger partial charge in [0.25, 0.3) is 0 Å². The average molecular weight is 355 g/mol. The molecule has 0 atom stereocenters. The fourth-order valence-electron chi connectivity index (χ4n) is 1.66. The van der Waals surface area contributed by atoms with Gasteiger partial charge in [-0.25, -0.2) is 0 Å². The smallest absolute Gasteiger partial charge is 0.202 e. The zero-order valence-electron chi connectivity index (χ0n) is 10.2. The standard InChI is InChI=1S/C14H9BrClNO3/c15-9-3-4-12(11(16)6-9)19-8-10-7-14(20-17-10)13-2-1-5-18-13/h1-7H,8H2. The SMILES string of the molecule is Clc1cc(Br)ccc1OCc1cc(-c2ccco2)on1. The molecule has 0 spiro atoms. The van der Waals surface area contributed by atoms with Crippen LogP contribution in [0.2, 0.25) is 5.02 Å². The predicted molar refractivity (Wildman–Crippen MR) is 77.7 cm³/mol. The zero-order valence-corrected chi connectivity index (χ0v) is 12.5. The van der Waals surface area contributed by atoms with Crippen molar-refractivity contribution in [3.8, 4) is 17.3 Å². The number of benzene rings is 1. The van der Waals surface area contributed by atoms with E-state index in [0.29, 0.717) is 28.0 Å². The molecule has 3 rings (SSSR count). The lowest BCUT2D eigenvalue weighted by Crippen LogP contribution is -1.95. The van der Waals surface area contributed by atoms with E-state index in [-0.39, 0.29) is 6.61 Å². The average Bonchev–Trinajstić information content (AvgIpc) is 3.08. The van der Waals surface area contributed by atoms with Crippen LogP contribution in [0.4, 0.5) is 0 Å². The predicted octanol–water partition coefficient (Wildman–Crippen LogP) is 4.93. The molecule has 0 bridgehead atoms. The molecule has 0 amide bonds. The Morgan fingerprint density at radius 3 is 2.85 bits per heavy atom. The molecule has 20 heavy (non-hydrogen) atoms. The van der Waals surface area contributed by atoms with Crippen molar-refractivity contribution in [2.45, 2.75) is 6.61 Å². The van der Waals surface area contributed by atoms with Crippen molar-refractivity contribution in [2.24, 2.45) is 0 Å². The Balaban J connectivity index is 1.70. The van der Waals surface area contributed by atoms with Gasteiger partial charge in [0.2, 0.25) is 5.76 Å². The Labute approximate surface area is 128 Å². The fourth-order valence-corrected chi connectivity index (χ4v) is 2.39. The van der Waals surface area contributed by atoms with Crippen molar-refractivity contribution in [3.05, 3.63) is 57.9 Å². The van der Waals surface area contributed by atoms with Crippen LogP contribution >= 0.6 is 27.5 Å². The molecule has 0 unspecified atom stereocenters. The summed E-state index contributed by atoms with van der Waals surface area (Å²) in [6, 6.07) is 10.8. The van der Waals surface area contributed by atoms with E-state index in [4.69, 9.17) is 25.3 Å². The number of hydrogen-bond acceptors (Lipinski definition) is 4. The molecule has 1 aromatic carbocycles. The summed E-state index contributed by atoms with van der Waals surface area (Å²) in [7, 11) is 0. The van der Waals surface area contributed by atoms with Crippen molar-refractivity contribution >= 4 is 27.5 Å². The number of furan rings is 1. The first-order chi connectivity index (χ1) is 9.72. The normalized spacial score (nSPS) is 10.7. The van der Waals surface area contributed by atoms with Crippen molar-refractivity contribution in [1.82, 2.24) is 5.16 Å². The van der Waals surface area contributed by atoms with Crippen molar-refractivity contribution in [3.63, 3.8) is 0 Å². The number of aromatic nitrogens is 1. The summed E-state index contributed by atoms with van der Waals surface area (Å²) in [4.78, 5) is 0. The number of nitrogens with zero attached hydrogens (tertiary/aromatic N) is 1. The first-order valence-corrected chi connectivity index (χ1v) is 6.97. The third kappa shape index (κ3) is 2.89. The molecular weight excluding hydrogens is 346 g/mol. The van der Waals surface area contributed by atoms with Gasteiger partial charge in [-0.1, -0.05) is 32.7 Å². The molecule has 0 radical (unpaired) electrons. The summed E-state index contributed by atoms with van der Waals surface area (Å²) >= 11 is 9.41. The number of ether oxygens (including phenoxy) is 1. The minimum absolute atomic E-state index is 0.269.